The largest absolute Gasteiger partial charge is 0.396 e. The minimum absolute atomic E-state index is 0.361. The summed E-state index contributed by atoms with van der Waals surface area (Å²) in [4.78, 5) is 0. The fourth-order valence-electron chi connectivity index (χ4n) is 4.69. The van der Waals surface area contributed by atoms with Gasteiger partial charge in [-0.3, -0.25) is 0 Å². The molecule has 1 N–H and O–H groups in total. The molecule has 1 heteroatoms. The van der Waals surface area contributed by atoms with Crippen LogP contribution in [0.15, 0.2) is 0 Å². The first kappa shape index (κ1) is 17.0. The molecule has 0 spiro atoms. The van der Waals surface area contributed by atoms with Crippen molar-refractivity contribution in [3.63, 3.8) is 0 Å². The molecule has 0 amide bonds. The van der Waals surface area contributed by atoms with Gasteiger partial charge in [0.2, 0.25) is 0 Å². The van der Waals surface area contributed by atoms with Gasteiger partial charge in [-0.15, -0.1) is 0 Å². The van der Waals surface area contributed by atoms with Gasteiger partial charge in [-0.1, -0.05) is 54.9 Å². The average molecular weight is 268 g/mol. The van der Waals surface area contributed by atoms with Crippen LogP contribution in [0.25, 0.3) is 0 Å². The van der Waals surface area contributed by atoms with Gasteiger partial charge < -0.3 is 5.11 Å². The van der Waals surface area contributed by atoms with E-state index in [1.807, 2.05) is 0 Å². The Morgan fingerprint density at radius 1 is 1.05 bits per heavy atom. The first-order chi connectivity index (χ1) is 8.73. The summed E-state index contributed by atoms with van der Waals surface area (Å²) >= 11 is 0. The molecule has 4 atom stereocenters. The van der Waals surface area contributed by atoms with E-state index in [9.17, 15) is 5.11 Å². The number of hydrogen-bond donors (Lipinski definition) is 1. The molecule has 0 aromatic rings. The van der Waals surface area contributed by atoms with Crippen molar-refractivity contribution in [2.24, 2.45) is 40.9 Å². The predicted octanol–water partition coefficient (Wildman–Crippen LogP) is 4.99. The number of hydrogen-bond acceptors (Lipinski definition) is 1. The molecule has 1 aliphatic carbocycles. The zero-order chi connectivity index (χ0) is 14.8. The van der Waals surface area contributed by atoms with Gasteiger partial charge in [0, 0.05) is 6.61 Å². The highest BCUT2D eigenvalue weighted by atomic mass is 16.3. The molecule has 1 saturated carbocycles. The second-order valence-corrected chi connectivity index (χ2v) is 8.20. The van der Waals surface area contributed by atoms with Crippen molar-refractivity contribution < 1.29 is 5.11 Å². The summed E-state index contributed by atoms with van der Waals surface area (Å²) in [6.07, 6.45) is 3.71. The van der Waals surface area contributed by atoms with Crippen LogP contribution in [-0.4, -0.2) is 11.7 Å². The number of aliphatic hydroxyl groups is 1. The van der Waals surface area contributed by atoms with Crippen LogP contribution in [0.2, 0.25) is 0 Å². The Morgan fingerprint density at radius 2 is 1.63 bits per heavy atom. The number of rotatable bonds is 8. The molecule has 1 nitrogen and oxygen atoms in total. The van der Waals surface area contributed by atoms with Crippen LogP contribution in [-0.2, 0) is 0 Å². The van der Waals surface area contributed by atoms with Gasteiger partial charge in [0.05, 0.1) is 0 Å². The van der Waals surface area contributed by atoms with Crippen molar-refractivity contribution in [1.82, 2.24) is 0 Å². The van der Waals surface area contributed by atoms with Crippen molar-refractivity contribution in [1.29, 1.82) is 0 Å². The van der Waals surface area contributed by atoms with Crippen molar-refractivity contribution in [2.75, 3.05) is 6.61 Å². The van der Waals surface area contributed by atoms with E-state index in [2.05, 4.69) is 48.5 Å². The Hall–Kier alpha value is -0.0400. The Kier molecular flexibility index (Phi) is 5.92. The zero-order valence-corrected chi connectivity index (χ0v) is 14.2. The fourth-order valence-corrected chi connectivity index (χ4v) is 4.69. The van der Waals surface area contributed by atoms with Crippen molar-refractivity contribution in [3.8, 4) is 0 Å². The Labute approximate surface area is 121 Å². The summed E-state index contributed by atoms with van der Waals surface area (Å²) in [5, 5.41) is 9.20. The van der Waals surface area contributed by atoms with Gasteiger partial charge in [-0.2, -0.15) is 0 Å². The van der Waals surface area contributed by atoms with Gasteiger partial charge in [0.1, 0.15) is 0 Å². The van der Waals surface area contributed by atoms with Crippen LogP contribution in [0.4, 0.5) is 0 Å². The molecular formula is C18H36O. The third-order valence-electron chi connectivity index (χ3n) is 5.70. The van der Waals surface area contributed by atoms with E-state index in [4.69, 9.17) is 0 Å². The van der Waals surface area contributed by atoms with E-state index in [-0.39, 0.29) is 0 Å². The molecule has 0 heterocycles. The maximum Gasteiger partial charge on any atom is 0.0433 e. The summed E-state index contributed by atoms with van der Waals surface area (Å²) in [6.45, 7) is 17.2. The molecule has 0 radical (unpaired) electrons. The van der Waals surface area contributed by atoms with Crippen molar-refractivity contribution in [2.45, 2.75) is 67.7 Å². The Balaban J connectivity index is 2.71. The minimum atomic E-state index is 0.361. The van der Waals surface area contributed by atoms with Gasteiger partial charge in [0.25, 0.3) is 0 Å². The molecule has 19 heavy (non-hydrogen) atoms. The highest BCUT2D eigenvalue weighted by molar-refractivity contribution is 5.04. The van der Waals surface area contributed by atoms with Crippen molar-refractivity contribution >= 4 is 0 Å². The zero-order valence-electron chi connectivity index (χ0n) is 14.2. The van der Waals surface area contributed by atoms with E-state index in [0.29, 0.717) is 12.0 Å². The van der Waals surface area contributed by atoms with Gasteiger partial charge in [-0.25, -0.2) is 0 Å². The second-order valence-electron chi connectivity index (χ2n) is 8.20. The first-order valence-corrected chi connectivity index (χ1v) is 8.34. The molecule has 0 aliphatic heterocycles. The molecule has 1 fully saturated rings. The summed E-state index contributed by atoms with van der Waals surface area (Å²) in [5.41, 5.74) is 0.419. The third-order valence-corrected chi connectivity index (χ3v) is 5.70. The first-order valence-electron chi connectivity index (χ1n) is 8.34. The van der Waals surface area contributed by atoms with Crippen LogP contribution in [0.3, 0.4) is 0 Å². The van der Waals surface area contributed by atoms with E-state index in [1.54, 1.807) is 0 Å². The molecule has 0 aromatic carbocycles. The Morgan fingerprint density at radius 3 is 2.05 bits per heavy atom. The summed E-state index contributed by atoms with van der Waals surface area (Å²) < 4.78 is 0. The highest BCUT2D eigenvalue weighted by Crippen LogP contribution is 2.61. The fraction of sp³-hybridized carbons (Fsp3) is 1.00. The highest BCUT2D eigenvalue weighted by Gasteiger charge is 2.56. The average Bonchev–Trinajstić information content (AvgIpc) is 2.89. The van der Waals surface area contributed by atoms with E-state index in [0.717, 1.165) is 41.9 Å². The lowest BCUT2D eigenvalue weighted by Gasteiger charge is -2.39. The lowest BCUT2D eigenvalue weighted by molar-refractivity contribution is 0.0987. The summed E-state index contributed by atoms with van der Waals surface area (Å²) in [7, 11) is 0. The van der Waals surface area contributed by atoms with Crippen LogP contribution in [0.5, 0.6) is 0 Å². The molecular weight excluding hydrogens is 232 g/mol. The predicted molar refractivity (Wildman–Crippen MR) is 84.0 cm³/mol. The minimum Gasteiger partial charge on any atom is -0.396 e. The van der Waals surface area contributed by atoms with Crippen LogP contribution >= 0.6 is 0 Å². The molecule has 0 aromatic heterocycles. The van der Waals surface area contributed by atoms with E-state index >= 15 is 0 Å². The molecule has 1 aliphatic rings. The molecule has 4 unspecified atom stereocenters. The van der Waals surface area contributed by atoms with Crippen molar-refractivity contribution in [3.05, 3.63) is 0 Å². The smallest absolute Gasteiger partial charge is 0.0433 e. The maximum atomic E-state index is 9.20. The summed E-state index contributed by atoms with van der Waals surface area (Å²) in [5.74, 6) is 4.77. The van der Waals surface area contributed by atoms with Crippen LogP contribution in [0.1, 0.15) is 67.7 Å². The molecule has 1 rings (SSSR count). The van der Waals surface area contributed by atoms with E-state index in [1.165, 1.54) is 12.8 Å². The monoisotopic (exact) mass is 268 g/mol. The van der Waals surface area contributed by atoms with Crippen LogP contribution < -0.4 is 0 Å². The van der Waals surface area contributed by atoms with Gasteiger partial charge in [0.15, 0.2) is 0 Å². The summed E-state index contributed by atoms with van der Waals surface area (Å²) in [6, 6.07) is 0. The van der Waals surface area contributed by atoms with Crippen LogP contribution in [0, 0.1) is 40.9 Å². The SMILES string of the molecule is CC(C)CCC(C(C)C)C(C)(C)C1C(C)C1CCO. The standard InChI is InChI=1S/C18H36O/c1-12(2)8-9-16(13(3)4)18(6,7)17-14(5)15(17)10-11-19/h12-17,19H,8-11H2,1-7H3. The third kappa shape index (κ3) is 3.97. The molecule has 0 saturated heterocycles. The molecule has 0 bridgehead atoms. The lowest BCUT2D eigenvalue weighted by atomic mass is 9.66. The number of aliphatic hydroxyl groups excluding tert-OH is 1. The Bertz CT molecular complexity index is 267. The molecule has 114 valence electrons. The van der Waals surface area contributed by atoms with Gasteiger partial charge >= 0.3 is 0 Å². The van der Waals surface area contributed by atoms with E-state index < -0.39 is 0 Å². The second kappa shape index (κ2) is 6.61. The quantitative estimate of drug-likeness (QED) is 0.658. The van der Waals surface area contributed by atoms with Gasteiger partial charge in [-0.05, 0) is 53.8 Å². The normalized spacial score (nSPS) is 29.1. The lowest BCUT2D eigenvalue weighted by Crippen LogP contribution is -2.32. The maximum absolute atomic E-state index is 9.20. The topological polar surface area (TPSA) is 20.2 Å².